The van der Waals surface area contributed by atoms with Gasteiger partial charge >= 0.3 is 0 Å². The van der Waals surface area contributed by atoms with E-state index in [9.17, 15) is 4.79 Å². The zero-order chi connectivity index (χ0) is 13.9. The molecule has 1 aliphatic heterocycles. The Labute approximate surface area is 139 Å². The Morgan fingerprint density at radius 3 is 2.81 bits per heavy atom. The van der Waals surface area contributed by atoms with Crippen LogP contribution in [-0.2, 0) is 4.79 Å². The number of nitrogens with zero attached hydrogens (tertiary/aromatic N) is 1. The van der Waals surface area contributed by atoms with Crippen molar-refractivity contribution in [2.45, 2.75) is 50.6 Å². The van der Waals surface area contributed by atoms with Crippen LogP contribution in [0, 0.1) is 5.41 Å². The Hall–Kier alpha value is -0.650. The maximum absolute atomic E-state index is 12.4. The smallest absolute Gasteiger partial charge is 0.242 e. The van der Waals surface area contributed by atoms with Gasteiger partial charge in [-0.15, -0.1) is 12.4 Å². The van der Waals surface area contributed by atoms with Gasteiger partial charge in [0.2, 0.25) is 5.91 Å². The molecule has 3 aliphatic rings. The van der Waals surface area contributed by atoms with Crippen molar-refractivity contribution >= 4 is 40.1 Å². The van der Waals surface area contributed by atoms with Gasteiger partial charge in [0.25, 0.3) is 0 Å². The SMILES string of the molecule is CC12CC(C(=O)Nc3nc(Br)ccc3C3CC3)NC1C2.Cl. The van der Waals surface area contributed by atoms with Gasteiger partial charge in [0.05, 0.1) is 6.04 Å². The molecule has 21 heavy (non-hydrogen) atoms. The maximum Gasteiger partial charge on any atom is 0.242 e. The fraction of sp³-hybridized carbons (Fsp3) is 0.600. The summed E-state index contributed by atoms with van der Waals surface area (Å²) in [6, 6.07) is 4.50. The van der Waals surface area contributed by atoms with Crippen LogP contribution in [0.15, 0.2) is 16.7 Å². The summed E-state index contributed by atoms with van der Waals surface area (Å²) in [5.41, 5.74) is 1.53. The van der Waals surface area contributed by atoms with Crippen molar-refractivity contribution in [2.75, 3.05) is 5.32 Å². The lowest BCUT2D eigenvalue weighted by Gasteiger charge is -2.16. The number of piperidine rings is 1. The molecule has 114 valence electrons. The molecule has 0 aromatic carbocycles. The highest BCUT2D eigenvalue weighted by Crippen LogP contribution is 2.54. The van der Waals surface area contributed by atoms with E-state index in [4.69, 9.17) is 0 Å². The van der Waals surface area contributed by atoms with E-state index in [1.807, 2.05) is 6.07 Å². The number of rotatable bonds is 3. The third kappa shape index (κ3) is 2.83. The first kappa shape index (κ1) is 15.3. The van der Waals surface area contributed by atoms with E-state index in [0.29, 0.717) is 17.4 Å². The van der Waals surface area contributed by atoms with Crippen molar-refractivity contribution in [3.8, 4) is 0 Å². The molecular weight excluding hydrogens is 354 g/mol. The van der Waals surface area contributed by atoms with Crippen molar-refractivity contribution in [3.63, 3.8) is 0 Å². The lowest BCUT2D eigenvalue weighted by Crippen LogP contribution is -2.38. The number of anilines is 1. The van der Waals surface area contributed by atoms with Gasteiger partial charge in [-0.2, -0.15) is 0 Å². The predicted octanol–water partition coefficient (Wildman–Crippen LogP) is 3.22. The van der Waals surface area contributed by atoms with E-state index in [0.717, 1.165) is 16.8 Å². The highest BCUT2D eigenvalue weighted by molar-refractivity contribution is 9.10. The Morgan fingerprint density at radius 2 is 2.19 bits per heavy atom. The van der Waals surface area contributed by atoms with Crippen LogP contribution in [0.4, 0.5) is 5.82 Å². The average Bonchev–Trinajstić information content (AvgIpc) is 3.29. The van der Waals surface area contributed by atoms with Gasteiger partial charge in [-0.1, -0.05) is 13.0 Å². The first-order valence-electron chi connectivity index (χ1n) is 7.28. The van der Waals surface area contributed by atoms with Crippen LogP contribution in [0.25, 0.3) is 0 Å². The number of halogens is 2. The minimum absolute atomic E-state index is 0. The van der Waals surface area contributed by atoms with Gasteiger partial charge in [0.15, 0.2) is 0 Å². The largest absolute Gasteiger partial charge is 0.309 e. The molecule has 1 aromatic heterocycles. The highest BCUT2D eigenvalue weighted by atomic mass is 79.9. The van der Waals surface area contributed by atoms with E-state index >= 15 is 0 Å². The quantitative estimate of drug-likeness (QED) is 0.801. The number of hydrogen-bond donors (Lipinski definition) is 2. The van der Waals surface area contributed by atoms with Crippen molar-refractivity contribution in [2.24, 2.45) is 5.41 Å². The molecule has 1 saturated heterocycles. The van der Waals surface area contributed by atoms with Crippen LogP contribution in [0.2, 0.25) is 0 Å². The molecule has 2 saturated carbocycles. The molecule has 6 heteroatoms. The lowest BCUT2D eigenvalue weighted by molar-refractivity contribution is -0.118. The van der Waals surface area contributed by atoms with E-state index in [-0.39, 0.29) is 24.4 Å². The van der Waals surface area contributed by atoms with Crippen LogP contribution in [0.1, 0.15) is 44.1 Å². The van der Waals surface area contributed by atoms with Gasteiger partial charge in [0, 0.05) is 6.04 Å². The zero-order valence-electron chi connectivity index (χ0n) is 11.9. The van der Waals surface area contributed by atoms with Crippen LogP contribution in [-0.4, -0.2) is 23.0 Å². The average molecular weight is 373 g/mol. The summed E-state index contributed by atoms with van der Waals surface area (Å²) in [6.45, 7) is 2.25. The predicted molar refractivity (Wildman–Crippen MR) is 87.8 cm³/mol. The van der Waals surface area contributed by atoms with E-state index < -0.39 is 0 Å². The molecule has 1 amide bonds. The minimum Gasteiger partial charge on any atom is -0.309 e. The number of aromatic nitrogens is 1. The summed E-state index contributed by atoms with van der Waals surface area (Å²) in [5, 5.41) is 6.45. The summed E-state index contributed by atoms with van der Waals surface area (Å²) < 4.78 is 0.770. The van der Waals surface area contributed by atoms with Crippen LogP contribution >= 0.6 is 28.3 Å². The van der Waals surface area contributed by atoms with E-state index in [1.54, 1.807) is 0 Å². The molecule has 3 unspecified atom stereocenters. The number of carbonyl (C=O) groups excluding carboxylic acids is 1. The zero-order valence-corrected chi connectivity index (χ0v) is 14.3. The molecule has 3 atom stereocenters. The fourth-order valence-corrected chi connectivity index (χ4v) is 3.61. The Bertz CT molecular complexity index is 592. The van der Waals surface area contributed by atoms with E-state index in [2.05, 4.69) is 44.5 Å². The summed E-state index contributed by atoms with van der Waals surface area (Å²) >= 11 is 3.39. The summed E-state index contributed by atoms with van der Waals surface area (Å²) in [6.07, 6.45) is 4.55. The molecule has 4 nitrogen and oxygen atoms in total. The molecule has 2 N–H and O–H groups in total. The molecule has 2 aliphatic carbocycles. The van der Waals surface area contributed by atoms with Gasteiger partial charge in [-0.05, 0) is 64.6 Å². The monoisotopic (exact) mass is 371 g/mol. The van der Waals surface area contributed by atoms with Gasteiger partial charge < -0.3 is 10.6 Å². The topological polar surface area (TPSA) is 54.0 Å². The Morgan fingerprint density at radius 1 is 1.43 bits per heavy atom. The summed E-state index contributed by atoms with van der Waals surface area (Å²) in [5.74, 6) is 1.37. The second-order valence-corrected chi connectivity index (χ2v) is 7.48. The molecular formula is C15H19BrClN3O. The third-order valence-corrected chi connectivity index (χ3v) is 5.33. The van der Waals surface area contributed by atoms with Crippen molar-refractivity contribution in [1.29, 1.82) is 0 Å². The van der Waals surface area contributed by atoms with Gasteiger partial charge in [-0.3, -0.25) is 4.79 Å². The lowest BCUT2D eigenvalue weighted by atomic mass is 10.0. The standard InChI is InChI=1S/C15H18BrN3O.ClH/c1-15-6-10(17-11(15)7-15)14(20)19-13-9(8-2-3-8)4-5-12(16)18-13;/h4-5,8,10-11,17H,2-3,6-7H2,1H3,(H,18,19,20);1H. The molecule has 4 rings (SSSR count). The Balaban J connectivity index is 0.00000132. The van der Waals surface area contributed by atoms with Crippen molar-refractivity contribution < 1.29 is 4.79 Å². The first-order valence-corrected chi connectivity index (χ1v) is 8.08. The van der Waals surface area contributed by atoms with Gasteiger partial charge in [0.1, 0.15) is 10.4 Å². The second kappa shape index (κ2) is 5.21. The number of nitrogens with one attached hydrogen (secondary N) is 2. The molecule has 0 radical (unpaired) electrons. The normalized spacial score (nSPS) is 33.0. The molecule has 2 heterocycles. The summed E-state index contributed by atoms with van der Waals surface area (Å²) in [4.78, 5) is 16.9. The van der Waals surface area contributed by atoms with Crippen LogP contribution < -0.4 is 10.6 Å². The molecule has 3 fully saturated rings. The Kier molecular flexibility index (Phi) is 3.79. The fourth-order valence-electron chi connectivity index (χ4n) is 3.30. The number of carbonyl (C=O) groups is 1. The summed E-state index contributed by atoms with van der Waals surface area (Å²) in [7, 11) is 0. The third-order valence-electron chi connectivity index (χ3n) is 4.89. The number of hydrogen-bond acceptors (Lipinski definition) is 3. The number of amides is 1. The minimum atomic E-state index is -0.0633. The maximum atomic E-state index is 12.4. The molecule has 1 aromatic rings. The van der Waals surface area contributed by atoms with Crippen molar-refractivity contribution in [1.82, 2.24) is 10.3 Å². The van der Waals surface area contributed by atoms with E-state index in [1.165, 1.54) is 24.8 Å². The second-order valence-electron chi connectivity index (χ2n) is 6.67. The highest BCUT2D eigenvalue weighted by Gasteiger charge is 2.58. The van der Waals surface area contributed by atoms with Gasteiger partial charge in [-0.25, -0.2) is 4.98 Å². The number of pyridine rings is 1. The molecule has 0 spiro atoms. The first-order chi connectivity index (χ1) is 9.55. The van der Waals surface area contributed by atoms with Crippen molar-refractivity contribution in [3.05, 3.63) is 22.3 Å². The molecule has 0 bridgehead atoms. The number of fused-ring (bicyclic) bond motifs is 1. The van der Waals surface area contributed by atoms with Crippen LogP contribution in [0.5, 0.6) is 0 Å². The van der Waals surface area contributed by atoms with Crippen LogP contribution in [0.3, 0.4) is 0 Å².